The van der Waals surface area contributed by atoms with E-state index in [2.05, 4.69) is 0 Å². The number of phenols is 1. The summed E-state index contributed by atoms with van der Waals surface area (Å²) in [4.78, 5) is 0. The van der Waals surface area contributed by atoms with Gasteiger partial charge in [-0.25, -0.2) is 0 Å². The number of aryl methyl sites for hydroxylation is 1. The highest BCUT2D eigenvalue weighted by Gasteiger charge is 2.01. The van der Waals surface area contributed by atoms with E-state index in [0.717, 1.165) is 11.1 Å². The van der Waals surface area contributed by atoms with Gasteiger partial charge in [-0.15, -0.1) is 0 Å². The summed E-state index contributed by atoms with van der Waals surface area (Å²) < 4.78 is 0. The third kappa shape index (κ3) is 1.71. The van der Waals surface area contributed by atoms with E-state index in [9.17, 15) is 5.11 Å². The van der Waals surface area contributed by atoms with Crippen LogP contribution in [0.2, 0.25) is 0 Å². The van der Waals surface area contributed by atoms with Crippen LogP contribution in [0, 0.1) is 6.92 Å². The maximum atomic E-state index is 9.29. The van der Waals surface area contributed by atoms with Gasteiger partial charge in [0.05, 0.1) is 0 Å². The van der Waals surface area contributed by atoms with Crippen LogP contribution in [0.1, 0.15) is 24.1 Å². The molecule has 0 heterocycles. The van der Waals surface area contributed by atoms with E-state index in [-0.39, 0.29) is 6.04 Å². The quantitative estimate of drug-likeness (QED) is 0.642. The van der Waals surface area contributed by atoms with Gasteiger partial charge < -0.3 is 10.8 Å². The van der Waals surface area contributed by atoms with Crippen molar-refractivity contribution >= 4 is 0 Å². The Morgan fingerprint density at radius 1 is 1.45 bits per heavy atom. The maximum Gasteiger partial charge on any atom is 0.118 e. The monoisotopic (exact) mass is 151 g/mol. The molecule has 0 amide bonds. The van der Waals surface area contributed by atoms with Crippen LogP contribution in [-0.4, -0.2) is 5.11 Å². The Morgan fingerprint density at radius 2 is 2.09 bits per heavy atom. The summed E-state index contributed by atoms with van der Waals surface area (Å²) in [6.45, 7) is 3.75. The highest BCUT2D eigenvalue weighted by atomic mass is 16.3. The molecule has 0 spiro atoms. The lowest BCUT2D eigenvalue weighted by Crippen LogP contribution is -2.04. The average molecular weight is 151 g/mol. The molecular formula is C9H13NO. The van der Waals surface area contributed by atoms with Crippen LogP contribution in [0.4, 0.5) is 0 Å². The fourth-order valence-electron chi connectivity index (χ4n) is 0.910. The second-order valence-electron chi connectivity index (χ2n) is 2.83. The standard InChI is InChI=1S/C9H13NO/c1-6-3-4-8(7(2)10)5-9(6)11/h3-5,7,11H,10H2,1-2H3/t7-/m1/s1. The Morgan fingerprint density at radius 3 is 2.55 bits per heavy atom. The normalized spacial score (nSPS) is 13.0. The summed E-state index contributed by atoms with van der Waals surface area (Å²) >= 11 is 0. The second-order valence-corrected chi connectivity index (χ2v) is 2.83. The van der Waals surface area contributed by atoms with Gasteiger partial charge in [-0.1, -0.05) is 12.1 Å². The predicted molar refractivity (Wildman–Crippen MR) is 45.4 cm³/mol. The fraction of sp³-hybridized carbons (Fsp3) is 0.333. The van der Waals surface area contributed by atoms with Crippen LogP contribution >= 0.6 is 0 Å². The molecule has 1 aromatic carbocycles. The minimum Gasteiger partial charge on any atom is -0.508 e. The van der Waals surface area contributed by atoms with Crippen molar-refractivity contribution < 1.29 is 5.11 Å². The second kappa shape index (κ2) is 2.93. The summed E-state index contributed by atoms with van der Waals surface area (Å²) in [6.07, 6.45) is 0. The van der Waals surface area contributed by atoms with Gasteiger partial charge in [0.2, 0.25) is 0 Å². The van der Waals surface area contributed by atoms with Crippen molar-refractivity contribution in [1.82, 2.24) is 0 Å². The number of phenolic OH excluding ortho intramolecular Hbond substituents is 1. The first-order valence-electron chi connectivity index (χ1n) is 3.66. The molecular weight excluding hydrogens is 138 g/mol. The van der Waals surface area contributed by atoms with Crippen molar-refractivity contribution in [3.05, 3.63) is 29.3 Å². The first kappa shape index (κ1) is 8.08. The number of rotatable bonds is 1. The summed E-state index contributed by atoms with van der Waals surface area (Å²) in [5.74, 6) is 0.319. The van der Waals surface area contributed by atoms with E-state index < -0.39 is 0 Å². The Balaban J connectivity index is 3.05. The minimum atomic E-state index is -0.0125. The summed E-state index contributed by atoms with van der Waals surface area (Å²) in [6, 6.07) is 5.50. The van der Waals surface area contributed by atoms with Gasteiger partial charge in [-0.05, 0) is 31.0 Å². The summed E-state index contributed by atoms with van der Waals surface area (Å²) in [5, 5.41) is 9.29. The Kier molecular flexibility index (Phi) is 2.15. The molecule has 1 aromatic rings. The minimum absolute atomic E-state index is 0.0125. The lowest BCUT2D eigenvalue weighted by Gasteiger charge is -2.06. The van der Waals surface area contributed by atoms with Gasteiger partial charge in [0.25, 0.3) is 0 Å². The van der Waals surface area contributed by atoms with Gasteiger partial charge in [-0.3, -0.25) is 0 Å². The molecule has 0 fully saturated rings. The highest BCUT2D eigenvalue weighted by molar-refractivity contribution is 5.36. The molecule has 0 radical (unpaired) electrons. The fourth-order valence-corrected chi connectivity index (χ4v) is 0.910. The smallest absolute Gasteiger partial charge is 0.118 e. The molecule has 1 rings (SSSR count). The number of aromatic hydroxyl groups is 1. The van der Waals surface area contributed by atoms with Crippen LogP contribution in [-0.2, 0) is 0 Å². The molecule has 2 nitrogen and oxygen atoms in total. The van der Waals surface area contributed by atoms with Crippen molar-refractivity contribution in [3.8, 4) is 5.75 Å². The predicted octanol–water partition coefficient (Wildman–Crippen LogP) is 1.72. The molecule has 1 atom stereocenters. The van der Waals surface area contributed by atoms with Crippen molar-refractivity contribution in [2.75, 3.05) is 0 Å². The first-order chi connectivity index (χ1) is 5.11. The molecule has 0 unspecified atom stereocenters. The van der Waals surface area contributed by atoms with Crippen molar-refractivity contribution in [1.29, 1.82) is 0 Å². The molecule has 3 N–H and O–H groups in total. The third-order valence-electron chi connectivity index (χ3n) is 1.76. The van der Waals surface area contributed by atoms with Gasteiger partial charge in [0.1, 0.15) is 5.75 Å². The van der Waals surface area contributed by atoms with Crippen LogP contribution in [0.25, 0.3) is 0 Å². The van der Waals surface area contributed by atoms with E-state index in [4.69, 9.17) is 5.73 Å². The highest BCUT2D eigenvalue weighted by Crippen LogP contribution is 2.20. The third-order valence-corrected chi connectivity index (χ3v) is 1.76. The number of benzene rings is 1. The van der Waals surface area contributed by atoms with Crippen molar-refractivity contribution in [3.63, 3.8) is 0 Å². The molecule has 0 aliphatic rings. The molecule has 0 aliphatic carbocycles. The number of hydrogen-bond donors (Lipinski definition) is 2. The SMILES string of the molecule is Cc1ccc([C@@H](C)N)cc1O. The van der Waals surface area contributed by atoms with Crippen molar-refractivity contribution in [2.24, 2.45) is 5.73 Å². The molecule has 2 heteroatoms. The zero-order chi connectivity index (χ0) is 8.43. The molecule has 0 saturated carbocycles. The van der Waals surface area contributed by atoms with Crippen LogP contribution < -0.4 is 5.73 Å². The summed E-state index contributed by atoms with van der Waals surface area (Å²) in [7, 11) is 0. The Bertz CT molecular complexity index is 256. The lowest BCUT2D eigenvalue weighted by molar-refractivity contribution is 0.469. The molecule has 60 valence electrons. The van der Waals surface area contributed by atoms with E-state index in [1.165, 1.54) is 0 Å². The first-order valence-corrected chi connectivity index (χ1v) is 3.66. The van der Waals surface area contributed by atoms with Gasteiger partial charge in [0.15, 0.2) is 0 Å². The Labute approximate surface area is 66.7 Å². The van der Waals surface area contributed by atoms with Gasteiger partial charge in [-0.2, -0.15) is 0 Å². The molecule has 11 heavy (non-hydrogen) atoms. The molecule has 0 aromatic heterocycles. The molecule has 0 aliphatic heterocycles. The zero-order valence-electron chi connectivity index (χ0n) is 6.83. The number of nitrogens with two attached hydrogens (primary N) is 1. The average Bonchev–Trinajstić information content (AvgIpc) is 1.94. The van der Waals surface area contributed by atoms with E-state index in [1.807, 2.05) is 26.0 Å². The van der Waals surface area contributed by atoms with E-state index in [0.29, 0.717) is 5.75 Å². The largest absolute Gasteiger partial charge is 0.508 e. The molecule has 0 bridgehead atoms. The van der Waals surface area contributed by atoms with Gasteiger partial charge >= 0.3 is 0 Å². The van der Waals surface area contributed by atoms with E-state index >= 15 is 0 Å². The van der Waals surface area contributed by atoms with Gasteiger partial charge in [0, 0.05) is 6.04 Å². The lowest BCUT2D eigenvalue weighted by atomic mass is 10.1. The number of hydrogen-bond acceptors (Lipinski definition) is 2. The Hall–Kier alpha value is -1.02. The van der Waals surface area contributed by atoms with Crippen LogP contribution in [0.15, 0.2) is 18.2 Å². The molecule has 0 saturated heterocycles. The maximum absolute atomic E-state index is 9.29. The van der Waals surface area contributed by atoms with Crippen LogP contribution in [0.3, 0.4) is 0 Å². The summed E-state index contributed by atoms with van der Waals surface area (Å²) in [5.41, 5.74) is 7.47. The topological polar surface area (TPSA) is 46.2 Å². The van der Waals surface area contributed by atoms with Crippen molar-refractivity contribution in [2.45, 2.75) is 19.9 Å². The zero-order valence-corrected chi connectivity index (χ0v) is 6.83. The van der Waals surface area contributed by atoms with E-state index in [1.54, 1.807) is 6.07 Å². The van der Waals surface area contributed by atoms with Crippen LogP contribution in [0.5, 0.6) is 5.75 Å².